The summed E-state index contributed by atoms with van der Waals surface area (Å²) in [6.45, 7) is 6.98. The number of halogens is 1. The van der Waals surface area contributed by atoms with Crippen molar-refractivity contribution in [1.82, 2.24) is 4.98 Å². The fourth-order valence-corrected chi connectivity index (χ4v) is 1.88. The van der Waals surface area contributed by atoms with Crippen molar-refractivity contribution in [1.29, 1.82) is 0 Å². The number of aliphatic hydroxyl groups excluding tert-OH is 2. The van der Waals surface area contributed by atoms with Gasteiger partial charge in [-0.3, -0.25) is 0 Å². The molecule has 0 saturated heterocycles. The van der Waals surface area contributed by atoms with E-state index in [1.54, 1.807) is 11.6 Å². The van der Waals surface area contributed by atoms with Gasteiger partial charge in [0.25, 0.3) is 0 Å². The van der Waals surface area contributed by atoms with Gasteiger partial charge < -0.3 is 10.2 Å². The monoisotopic (exact) mass is 287 g/mol. The normalized spacial score (nSPS) is 13.6. The van der Waals surface area contributed by atoms with Crippen LogP contribution in [0.5, 0.6) is 0 Å². The van der Waals surface area contributed by atoms with E-state index in [1.807, 2.05) is 0 Å². The van der Waals surface area contributed by atoms with Crippen molar-refractivity contribution in [2.24, 2.45) is 0 Å². The fraction of sp³-hybridized carbons (Fsp3) is 0.100. The molecule has 2 N–H and O–H groups in total. The molecule has 0 fully saturated rings. The highest BCUT2D eigenvalue weighted by molar-refractivity contribution is 9.11. The van der Waals surface area contributed by atoms with Gasteiger partial charge in [0.1, 0.15) is 16.9 Å². The van der Waals surface area contributed by atoms with Crippen LogP contribution in [-0.4, -0.2) is 15.2 Å². The zero-order chi connectivity index (χ0) is 11.4. The molecule has 0 bridgehead atoms. The molecule has 0 aromatic carbocycles. The minimum absolute atomic E-state index is 0.196. The summed E-state index contributed by atoms with van der Waals surface area (Å²) in [5.74, 6) is -0.196. The Labute approximate surface area is 100 Å². The molecule has 80 valence electrons. The summed E-state index contributed by atoms with van der Waals surface area (Å²) in [5, 5.41) is 21.5. The van der Waals surface area contributed by atoms with Gasteiger partial charge in [0.05, 0.1) is 0 Å². The van der Waals surface area contributed by atoms with E-state index in [0.29, 0.717) is 9.49 Å². The third-order valence-corrected chi connectivity index (χ3v) is 2.68. The third-order valence-electron chi connectivity index (χ3n) is 1.63. The van der Waals surface area contributed by atoms with E-state index in [-0.39, 0.29) is 11.3 Å². The largest absolute Gasteiger partial charge is 0.508 e. The highest BCUT2D eigenvalue weighted by atomic mass is 79.9. The lowest BCUT2D eigenvalue weighted by atomic mass is 10.1. The maximum absolute atomic E-state index is 9.89. The Bertz CT molecular complexity index is 398. The van der Waals surface area contributed by atoms with E-state index in [1.165, 1.54) is 17.4 Å². The summed E-state index contributed by atoms with van der Waals surface area (Å²) >= 11 is 4.43. The Balaban J connectivity index is 3.01. The van der Waals surface area contributed by atoms with Crippen molar-refractivity contribution in [2.75, 3.05) is 0 Å². The maximum atomic E-state index is 9.89. The van der Waals surface area contributed by atoms with Gasteiger partial charge in [-0.05, 0) is 6.08 Å². The molecule has 0 amide bonds. The standard InChI is InChI=1S/C10H10BrNO2S/c1-6(11)5-8(7(2)13)9(14)10-12-3-4-15-10/h3-5,9,13-14H,1-2H2/b8-5+. The van der Waals surface area contributed by atoms with Gasteiger partial charge in [0, 0.05) is 21.6 Å². The van der Waals surface area contributed by atoms with Gasteiger partial charge in [0.2, 0.25) is 0 Å². The first kappa shape index (κ1) is 12.2. The molecule has 1 unspecified atom stereocenters. The number of aromatic nitrogens is 1. The fourth-order valence-electron chi connectivity index (χ4n) is 0.991. The molecule has 0 saturated carbocycles. The van der Waals surface area contributed by atoms with Crippen LogP contribution in [0, 0.1) is 0 Å². The summed E-state index contributed by atoms with van der Waals surface area (Å²) in [6, 6.07) is 0. The summed E-state index contributed by atoms with van der Waals surface area (Å²) in [7, 11) is 0. The molecule has 0 aliphatic rings. The van der Waals surface area contributed by atoms with Crippen LogP contribution in [0.15, 0.2) is 46.6 Å². The summed E-state index contributed by atoms with van der Waals surface area (Å²) < 4.78 is 0.545. The van der Waals surface area contributed by atoms with Gasteiger partial charge in [-0.25, -0.2) is 4.98 Å². The third kappa shape index (κ3) is 3.30. The van der Waals surface area contributed by atoms with Crippen LogP contribution in [0.1, 0.15) is 11.1 Å². The number of hydrogen-bond donors (Lipinski definition) is 2. The molecule has 3 nitrogen and oxygen atoms in total. The van der Waals surface area contributed by atoms with Crippen LogP contribution in [0.3, 0.4) is 0 Å². The number of rotatable bonds is 4. The van der Waals surface area contributed by atoms with Crippen LogP contribution >= 0.6 is 27.3 Å². The molecule has 1 rings (SSSR count). The number of hydrogen-bond acceptors (Lipinski definition) is 4. The molecular formula is C10H10BrNO2S. The zero-order valence-corrected chi connectivity index (χ0v) is 10.3. The Morgan fingerprint density at radius 2 is 2.27 bits per heavy atom. The minimum atomic E-state index is -0.975. The molecule has 0 spiro atoms. The molecule has 0 aliphatic carbocycles. The molecule has 1 aromatic heterocycles. The lowest BCUT2D eigenvalue weighted by molar-refractivity contribution is 0.207. The lowest BCUT2D eigenvalue weighted by Crippen LogP contribution is -2.03. The predicted molar refractivity (Wildman–Crippen MR) is 65.0 cm³/mol. The average molecular weight is 288 g/mol. The highest BCUT2D eigenvalue weighted by Gasteiger charge is 2.18. The number of aliphatic hydroxyl groups is 2. The van der Waals surface area contributed by atoms with E-state index in [2.05, 4.69) is 34.1 Å². The van der Waals surface area contributed by atoms with E-state index >= 15 is 0 Å². The van der Waals surface area contributed by atoms with Crippen LogP contribution < -0.4 is 0 Å². The smallest absolute Gasteiger partial charge is 0.134 e. The van der Waals surface area contributed by atoms with Crippen molar-refractivity contribution < 1.29 is 10.2 Å². The Morgan fingerprint density at radius 3 is 2.67 bits per heavy atom. The first-order valence-electron chi connectivity index (χ1n) is 4.04. The zero-order valence-electron chi connectivity index (χ0n) is 7.85. The number of nitrogens with zero attached hydrogens (tertiary/aromatic N) is 1. The van der Waals surface area contributed by atoms with Crippen LogP contribution in [0.4, 0.5) is 0 Å². The Kier molecular flexibility index (Phi) is 4.26. The minimum Gasteiger partial charge on any atom is -0.508 e. The molecule has 0 radical (unpaired) electrons. The first-order chi connectivity index (χ1) is 7.02. The number of thiazole rings is 1. The van der Waals surface area contributed by atoms with Crippen molar-refractivity contribution in [3.8, 4) is 0 Å². The second-order valence-corrected chi connectivity index (χ2v) is 4.71. The first-order valence-corrected chi connectivity index (χ1v) is 5.71. The second kappa shape index (κ2) is 5.25. The summed E-state index contributed by atoms with van der Waals surface area (Å²) in [6.07, 6.45) is 2.12. The molecule has 1 heterocycles. The van der Waals surface area contributed by atoms with Crippen molar-refractivity contribution in [3.05, 3.63) is 51.6 Å². The van der Waals surface area contributed by atoms with Crippen LogP contribution in [0.25, 0.3) is 0 Å². The predicted octanol–water partition coefficient (Wildman–Crippen LogP) is 3.08. The summed E-state index contributed by atoms with van der Waals surface area (Å²) in [5.41, 5.74) is 0.284. The van der Waals surface area contributed by atoms with Gasteiger partial charge in [-0.1, -0.05) is 29.1 Å². The SMILES string of the molecule is C=C(Br)/C=C(\C(=C)O)C(O)c1nccs1. The second-order valence-electron chi connectivity index (χ2n) is 2.77. The van der Waals surface area contributed by atoms with E-state index in [0.717, 1.165) is 0 Å². The molecule has 0 aliphatic heterocycles. The highest BCUT2D eigenvalue weighted by Crippen LogP contribution is 2.28. The van der Waals surface area contributed by atoms with Crippen LogP contribution in [-0.2, 0) is 0 Å². The molecule has 5 heteroatoms. The van der Waals surface area contributed by atoms with E-state index in [4.69, 9.17) is 0 Å². The van der Waals surface area contributed by atoms with Crippen molar-refractivity contribution in [3.63, 3.8) is 0 Å². The Hall–Kier alpha value is -0.910. The molecule has 1 atom stereocenters. The van der Waals surface area contributed by atoms with Crippen molar-refractivity contribution >= 4 is 27.3 Å². The summed E-state index contributed by atoms with van der Waals surface area (Å²) in [4.78, 5) is 3.96. The number of allylic oxidation sites excluding steroid dienone is 2. The van der Waals surface area contributed by atoms with Gasteiger partial charge in [-0.2, -0.15) is 0 Å². The van der Waals surface area contributed by atoms with Crippen molar-refractivity contribution in [2.45, 2.75) is 6.10 Å². The maximum Gasteiger partial charge on any atom is 0.134 e. The quantitative estimate of drug-likeness (QED) is 0.661. The molecular weight excluding hydrogens is 278 g/mol. The van der Waals surface area contributed by atoms with Crippen LogP contribution in [0.2, 0.25) is 0 Å². The van der Waals surface area contributed by atoms with E-state index in [9.17, 15) is 10.2 Å². The van der Waals surface area contributed by atoms with Gasteiger partial charge >= 0.3 is 0 Å². The Morgan fingerprint density at radius 1 is 1.60 bits per heavy atom. The van der Waals surface area contributed by atoms with Gasteiger partial charge in [0.15, 0.2) is 0 Å². The van der Waals surface area contributed by atoms with E-state index < -0.39 is 6.10 Å². The topological polar surface area (TPSA) is 53.4 Å². The average Bonchev–Trinajstić information content (AvgIpc) is 2.65. The van der Waals surface area contributed by atoms with Gasteiger partial charge in [-0.15, -0.1) is 11.3 Å². The molecule has 1 aromatic rings. The molecule has 15 heavy (non-hydrogen) atoms. The lowest BCUT2D eigenvalue weighted by Gasteiger charge is -2.11.